The van der Waals surface area contributed by atoms with Crippen LogP contribution in [-0.4, -0.2) is 19.0 Å². The molecule has 3 aromatic rings. The molecule has 0 spiro atoms. The molecular formula is C22H19F3N2O2. The van der Waals surface area contributed by atoms with E-state index in [4.69, 9.17) is 0 Å². The molecule has 7 heteroatoms. The van der Waals surface area contributed by atoms with Crippen LogP contribution in [0.1, 0.15) is 28.2 Å². The monoisotopic (exact) mass is 400 g/mol. The van der Waals surface area contributed by atoms with Gasteiger partial charge >= 0.3 is 6.18 Å². The van der Waals surface area contributed by atoms with Crippen molar-refractivity contribution in [3.05, 3.63) is 105 Å². The van der Waals surface area contributed by atoms with Gasteiger partial charge in [-0.05, 0) is 34.9 Å². The van der Waals surface area contributed by atoms with E-state index in [0.717, 1.165) is 28.9 Å². The van der Waals surface area contributed by atoms with Crippen molar-refractivity contribution < 1.29 is 18.1 Å². The minimum atomic E-state index is -4.82. The van der Waals surface area contributed by atoms with Crippen molar-refractivity contribution in [1.29, 1.82) is 0 Å². The number of nitrogens with zero attached hydrogens (tertiary/aromatic N) is 2. The fourth-order valence-electron chi connectivity index (χ4n) is 3.31. The van der Waals surface area contributed by atoms with Crippen LogP contribution in [0.5, 0.6) is 0 Å². The van der Waals surface area contributed by atoms with Crippen LogP contribution in [0.4, 0.5) is 24.5 Å². The predicted molar refractivity (Wildman–Crippen MR) is 106 cm³/mol. The Morgan fingerprint density at radius 1 is 0.862 bits per heavy atom. The van der Waals surface area contributed by atoms with E-state index in [1.54, 1.807) is 0 Å². The number of hydrogen-bond donors (Lipinski definition) is 0. The molecule has 0 aliphatic carbocycles. The fraction of sp³-hybridized carbons (Fsp3) is 0.182. The van der Waals surface area contributed by atoms with Gasteiger partial charge in [0, 0.05) is 31.8 Å². The van der Waals surface area contributed by atoms with Crippen molar-refractivity contribution in [1.82, 2.24) is 0 Å². The molecule has 1 unspecified atom stereocenters. The first-order chi connectivity index (χ1) is 13.7. The van der Waals surface area contributed by atoms with Crippen LogP contribution in [0.25, 0.3) is 0 Å². The Bertz CT molecular complexity index is 1000. The van der Waals surface area contributed by atoms with Crippen molar-refractivity contribution in [3.8, 4) is 0 Å². The van der Waals surface area contributed by atoms with Crippen molar-refractivity contribution in [2.75, 3.05) is 19.0 Å². The number of nitro benzene ring substituents is 1. The summed E-state index contributed by atoms with van der Waals surface area (Å²) in [5.41, 5.74) is 0.699. The summed E-state index contributed by atoms with van der Waals surface area (Å²) in [6.07, 6.45) is -4.82. The number of rotatable bonds is 5. The van der Waals surface area contributed by atoms with E-state index in [1.807, 2.05) is 73.6 Å². The van der Waals surface area contributed by atoms with E-state index in [0.29, 0.717) is 5.56 Å². The minimum Gasteiger partial charge on any atom is -0.378 e. The zero-order valence-corrected chi connectivity index (χ0v) is 15.9. The summed E-state index contributed by atoms with van der Waals surface area (Å²) in [4.78, 5) is 12.0. The Labute approximate surface area is 166 Å². The molecule has 0 aliphatic heterocycles. The Morgan fingerprint density at radius 2 is 1.41 bits per heavy atom. The van der Waals surface area contributed by atoms with Gasteiger partial charge in [-0.2, -0.15) is 13.2 Å². The average molecular weight is 400 g/mol. The van der Waals surface area contributed by atoms with E-state index in [1.165, 1.54) is 6.07 Å². The topological polar surface area (TPSA) is 46.4 Å². The molecule has 0 saturated heterocycles. The molecule has 4 nitrogen and oxygen atoms in total. The largest absolute Gasteiger partial charge is 0.423 e. The van der Waals surface area contributed by atoms with Crippen LogP contribution in [0, 0.1) is 10.1 Å². The third kappa shape index (κ3) is 4.39. The van der Waals surface area contributed by atoms with Crippen molar-refractivity contribution in [2.45, 2.75) is 12.1 Å². The molecule has 0 amide bonds. The van der Waals surface area contributed by atoms with Gasteiger partial charge in [0.15, 0.2) is 0 Å². The molecule has 0 heterocycles. The van der Waals surface area contributed by atoms with Crippen molar-refractivity contribution >= 4 is 11.4 Å². The molecule has 0 bridgehead atoms. The molecule has 0 radical (unpaired) electrons. The lowest BCUT2D eigenvalue weighted by Gasteiger charge is -2.21. The molecule has 3 aromatic carbocycles. The second-order valence-corrected chi connectivity index (χ2v) is 6.86. The van der Waals surface area contributed by atoms with Crippen LogP contribution in [-0.2, 0) is 6.18 Å². The van der Waals surface area contributed by atoms with Gasteiger partial charge < -0.3 is 4.90 Å². The molecule has 0 fully saturated rings. The maximum atomic E-state index is 13.5. The highest BCUT2D eigenvalue weighted by atomic mass is 19.4. The molecule has 3 rings (SSSR count). The normalized spacial score (nSPS) is 12.4. The van der Waals surface area contributed by atoms with Gasteiger partial charge in [-0.1, -0.05) is 48.5 Å². The molecule has 1 atom stereocenters. The number of nitro groups is 1. The first-order valence-corrected chi connectivity index (χ1v) is 8.86. The first kappa shape index (κ1) is 20.4. The number of hydrogen-bond acceptors (Lipinski definition) is 3. The molecular weight excluding hydrogens is 381 g/mol. The first-order valence-electron chi connectivity index (χ1n) is 8.86. The zero-order chi connectivity index (χ0) is 21.2. The van der Waals surface area contributed by atoms with Crippen LogP contribution < -0.4 is 4.90 Å². The number of anilines is 1. The Morgan fingerprint density at radius 3 is 1.93 bits per heavy atom. The van der Waals surface area contributed by atoms with Crippen molar-refractivity contribution in [2.24, 2.45) is 0 Å². The second kappa shape index (κ2) is 7.95. The number of halogens is 3. The molecule has 0 N–H and O–H groups in total. The van der Waals surface area contributed by atoms with E-state index >= 15 is 0 Å². The summed E-state index contributed by atoms with van der Waals surface area (Å²) in [5, 5.41) is 11.1. The smallest absolute Gasteiger partial charge is 0.378 e. The highest BCUT2D eigenvalue weighted by Crippen LogP contribution is 2.40. The summed E-state index contributed by atoms with van der Waals surface area (Å²) < 4.78 is 40.5. The molecule has 150 valence electrons. The lowest BCUT2D eigenvalue weighted by molar-refractivity contribution is -0.388. The molecule has 0 aromatic heterocycles. The van der Waals surface area contributed by atoms with Gasteiger partial charge in [-0.3, -0.25) is 10.1 Å². The lowest BCUT2D eigenvalue weighted by atomic mass is 9.84. The third-order valence-electron chi connectivity index (χ3n) is 4.73. The SMILES string of the molecule is CN(C)c1ccc(C(c2ccccc2)c2ccc([N+](=O)[O-])c(C(F)(F)F)c2)cc1. The Balaban J connectivity index is 2.18. The van der Waals surface area contributed by atoms with E-state index in [-0.39, 0.29) is 0 Å². The van der Waals surface area contributed by atoms with Gasteiger partial charge in [0.25, 0.3) is 5.69 Å². The summed E-state index contributed by atoms with van der Waals surface area (Å²) in [6.45, 7) is 0. The van der Waals surface area contributed by atoms with Gasteiger partial charge in [0.1, 0.15) is 5.56 Å². The molecule has 0 aliphatic rings. The maximum absolute atomic E-state index is 13.5. The van der Waals surface area contributed by atoms with Gasteiger partial charge in [-0.25, -0.2) is 0 Å². The summed E-state index contributed by atoms with van der Waals surface area (Å²) in [7, 11) is 3.80. The number of alkyl halides is 3. The van der Waals surface area contributed by atoms with E-state index < -0.39 is 28.3 Å². The summed E-state index contributed by atoms with van der Waals surface area (Å²) in [6, 6.07) is 19.8. The van der Waals surface area contributed by atoms with Crippen LogP contribution in [0.15, 0.2) is 72.8 Å². The Hall–Kier alpha value is -3.35. The van der Waals surface area contributed by atoms with Gasteiger partial charge in [0.2, 0.25) is 0 Å². The Kier molecular flexibility index (Phi) is 5.59. The highest BCUT2D eigenvalue weighted by molar-refractivity contribution is 5.53. The summed E-state index contributed by atoms with van der Waals surface area (Å²) in [5.74, 6) is -0.491. The second-order valence-electron chi connectivity index (χ2n) is 6.86. The number of benzene rings is 3. The molecule has 29 heavy (non-hydrogen) atoms. The quantitative estimate of drug-likeness (QED) is 0.306. The van der Waals surface area contributed by atoms with Crippen LogP contribution in [0.3, 0.4) is 0 Å². The van der Waals surface area contributed by atoms with Crippen LogP contribution in [0.2, 0.25) is 0 Å². The lowest BCUT2D eigenvalue weighted by Crippen LogP contribution is -2.12. The standard InChI is InChI=1S/C22H19F3N2O2/c1-26(2)18-11-8-16(9-12-18)21(15-6-4-3-5-7-15)17-10-13-20(27(28)29)19(14-17)22(23,24)25/h3-14,21H,1-2H3. The molecule has 0 saturated carbocycles. The van der Waals surface area contributed by atoms with Gasteiger partial charge in [0.05, 0.1) is 4.92 Å². The van der Waals surface area contributed by atoms with Crippen LogP contribution >= 0.6 is 0 Å². The minimum absolute atomic E-state index is 0.340. The van der Waals surface area contributed by atoms with Crippen molar-refractivity contribution in [3.63, 3.8) is 0 Å². The predicted octanol–water partition coefficient (Wildman–Crippen LogP) is 5.86. The zero-order valence-electron chi connectivity index (χ0n) is 15.9. The van der Waals surface area contributed by atoms with Gasteiger partial charge in [-0.15, -0.1) is 0 Å². The van der Waals surface area contributed by atoms with E-state index in [2.05, 4.69) is 0 Å². The fourth-order valence-corrected chi connectivity index (χ4v) is 3.31. The third-order valence-corrected chi connectivity index (χ3v) is 4.73. The average Bonchev–Trinajstić information content (AvgIpc) is 2.68. The summed E-state index contributed by atoms with van der Waals surface area (Å²) >= 11 is 0. The maximum Gasteiger partial charge on any atom is 0.423 e. The van der Waals surface area contributed by atoms with E-state index in [9.17, 15) is 23.3 Å². The highest BCUT2D eigenvalue weighted by Gasteiger charge is 2.39.